The highest BCUT2D eigenvalue weighted by molar-refractivity contribution is 6.30. The molecule has 1 heterocycles. The molecule has 0 atom stereocenters. The first-order valence-electron chi connectivity index (χ1n) is 9.97. The molecule has 4 rings (SSSR count). The molecule has 4 N–H and O–H groups in total. The minimum absolute atomic E-state index is 0. The van der Waals surface area contributed by atoms with E-state index >= 15 is 0 Å². The molecule has 1 aromatic heterocycles. The van der Waals surface area contributed by atoms with E-state index in [0.717, 1.165) is 42.9 Å². The lowest BCUT2D eigenvalue weighted by Crippen LogP contribution is -2.43. The smallest absolute Gasteiger partial charge is 0.0569 e. The van der Waals surface area contributed by atoms with Crippen molar-refractivity contribution in [3.05, 3.63) is 77.1 Å². The minimum Gasteiger partial charge on any atom is -0.330 e. The number of nitrogens with one attached hydrogen (secondary N) is 2. The van der Waals surface area contributed by atoms with Gasteiger partial charge < -0.3 is 11.1 Å². The average Bonchev–Trinajstić information content (AvgIpc) is 3.22. The summed E-state index contributed by atoms with van der Waals surface area (Å²) in [6.45, 7) is 1.46. The summed E-state index contributed by atoms with van der Waals surface area (Å²) in [7, 11) is 0. The maximum Gasteiger partial charge on any atom is 0.0569 e. The molecule has 3 aromatic rings. The fraction of sp³-hybridized carbons (Fsp3) is 0.348. The molecular weight excluding hydrogens is 403 g/mol. The van der Waals surface area contributed by atoms with Crippen molar-refractivity contribution in [2.75, 3.05) is 6.54 Å². The molecule has 0 radical (unpaired) electrons. The zero-order valence-corrected chi connectivity index (χ0v) is 18.0. The van der Waals surface area contributed by atoms with Crippen molar-refractivity contribution < 1.29 is 0 Å². The Balaban J connectivity index is 0.00000240. The molecule has 0 bridgehead atoms. The molecular formula is C23H28Cl2N4. The third kappa shape index (κ3) is 4.84. The summed E-state index contributed by atoms with van der Waals surface area (Å²) in [4.78, 5) is 0. The number of rotatable bonds is 6. The summed E-state index contributed by atoms with van der Waals surface area (Å²) < 4.78 is 0. The van der Waals surface area contributed by atoms with Crippen LogP contribution >= 0.6 is 24.0 Å². The molecule has 0 unspecified atom stereocenters. The Morgan fingerprint density at radius 3 is 2.55 bits per heavy atom. The summed E-state index contributed by atoms with van der Waals surface area (Å²) in [6.07, 6.45) is 6.29. The first-order valence-corrected chi connectivity index (χ1v) is 10.4. The molecule has 0 spiro atoms. The molecule has 4 nitrogen and oxygen atoms in total. The van der Waals surface area contributed by atoms with E-state index in [4.69, 9.17) is 17.3 Å². The first kappa shape index (κ1) is 21.8. The van der Waals surface area contributed by atoms with Gasteiger partial charge in [0, 0.05) is 35.1 Å². The monoisotopic (exact) mass is 430 g/mol. The van der Waals surface area contributed by atoms with Gasteiger partial charge in [0.25, 0.3) is 0 Å². The highest BCUT2D eigenvalue weighted by atomic mass is 35.5. The Morgan fingerprint density at radius 2 is 1.86 bits per heavy atom. The van der Waals surface area contributed by atoms with Crippen LogP contribution in [0.5, 0.6) is 0 Å². The molecule has 6 heteroatoms. The maximum absolute atomic E-state index is 6.22. The van der Waals surface area contributed by atoms with Crippen LogP contribution in [0.4, 0.5) is 0 Å². The van der Waals surface area contributed by atoms with Gasteiger partial charge in [-0.25, -0.2) is 0 Å². The van der Waals surface area contributed by atoms with Crippen molar-refractivity contribution in [1.29, 1.82) is 0 Å². The predicted molar refractivity (Wildman–Crippen MR) is 123 cm³/mol. The van der Waals surface area contributed by atoms with E-state index in [1.165, 1.54) is 16.7 Å². The molecule has 1 aliphatic rings. The van der Waals surface area contributed by atoms with E-state index < -0.39 is 0 Å². The highest BCUT2D eigenvalue weighted by Crippen LogP contribution is 2.39. The Bertz CT molecular complexity index is 902. The van der Waals surface area contributed by atoms with Crippen LogP contribution in [0.25, 0.3) is 11.1 Å². The number of halogens is 2. The van der Waals surface area contributed by atoms with Crippen molar-refractivity contribution in [2.24, 2.45) is 5.73 Å². The van der Waals surface area contributed by atoms with Crippen LogP contribution < -0.4 is 11.1 Å². The number of nitrogens with zero attached hydrogens (tertiary/aromatic N) is 1. The van der Waals surface area contributed by atoms with Gasteiger partial charge in [-0.1, -0.05) is 54.1 Å². The van der Waals surface area contributed by atoms with Crippen molar-refractivity contribution >= 4 is 24.0 Å². The van der Waals surface area contributed by atoms with E-state index in [-0.39, 0.29) is 17.8 Å². The third-order valence-corrected chi connectivity index (χ3v) is 6.38. The van der Waals surface area contributed by atoms with Crippen LogP contribution in [0.3, 0.4) is 0 Å². The van der Waals surface area contributed by atoms with E-state index in [0.29, 0.717) is 12.6 Å². The van der Waals surface area contributed by atoms with Gasteiger partial charge in [0.15, 0.2) is 0 Å². The SMILES string of the molecule is Cl.NC[C@]1(c2cccc(Cl)c2)CC[C@H](NCc2[nH]ncc2-c2ccccc2)CC1. The number of aromatic amines is 1. The summed E-state index contributed by atoms with van der Waals surface area (Å²) in [6, 6.07) is 19.1. The van der Waals surface area contributed by atoms with Crippen LogP contribution in [0, 0.1) is 0 Å². The zero-order chi connectivity index (χ0) is 19.4. The Kier molecular flexibility index (Phi) is 7.36. The van der Waals surface area contributed by atoms with E-state index in [1.807, 2.05) is 24.4 Å². The lowest BCUT2D eigenvalue weighted by atomic mass is 9.68. The number of hydrogen-bond acceptors (Lipinski definition) is 3. The van der Waals surface area contributed by atoms with Gasteiger partial charge >= 0.3 is 0 Å². The van der Waals surface area contributed by atoms with E-state index in [2.05, 4.69) is 51.9 Å². The lowest BCUT2D eigenvalue weighted by Gasteiger charge is -2.40. The molecule has 0 saturated heterocycles. The van der Waals surface area contributed by atoms with Crippen LogP contribution in [0.1, 0.15) is 36.9 Å². The Labute approximate surface area is 183 Å². The number of aromatic nitrogens is 2. The van der Waals surface area contributed by atoms with E-state index in [1.54, 1.807) is 0 Å². The first-order chi connectivity index (χ1) is 13.7. The topological polar surface area (TPSA) is 66.7 Å². The van der Waals surface area contributed by atoms with E-state index in [9.17, 15) is 0 Å². The Morgan fingerprint density at radius 1 is 1.10 bits per heavy atom. The van der Waals surface area contributed by atoms with Gasteiger partial charge in [0.1, 0.15) is 0 Å². The van der Waals surface area contributed by atoms with Crippen LogP contribution in [0.15, 0.2) is 60.8 Å². The van der Waals surface area contributed by atoms with Crippen molar-refractivity contribution in [1.82, 2.24) is 15.5 Å². The average molecular weight is 431 g/mol. The van der Waals surface area contributed by atoms with Gasteiger partial charge in [-0.3, -0.25) is 5.10 Å². The zero-order valence-electron chi connectivity index (χ0n) is 16.4. The van der Waals surface area contributed by atoms with Crippen LogP contribution in [-0.4, -0.2) is 22.8 Å². The van der Waals surface area contributed by atoms with Crippen molar-refractivity contribution in [3.8, 4) is 11.1 Å². The minimum atomic E-state index is 0. The lowest BCUT2D eigenvalue weighted by molar-refractivity contribution is 0.250. The Hall–Kier alpha value is -1.85. The molecule has 2 aromatic carbocycles. The van der Waals surface area contributed by atoms with Crippen molar-refractivity contribution in [3.63, 3.8) is 0 Å². The summed E-state index contributed by atoms with van der Waals surface area (Å²) in [5.74, 6) is 0. The fourth-order valence-electron chi connectivity index (χ4n) is 4.36. The standard InChI is InChI=1S/C23H27ClN4.ClH/c24-19-8-4-7-18(13-19)23(16-25)11-9-20(10-12-23)26-15-22-21(14-27-28-22)17-5-2-1-3-6-17;/h1-8,13-14,20,26H,9-12,15-16,25H2,(H,27,28);1H/t20-,23-;. The summed E-state index contributed by atoms with van der Waals surface area (Å²) in [5, 5.41) is 11.9. The molecule has 1 saturated carbocycles. The van der Waals surface area contributed by atoms with Crippen LogP contribution in [-0.2, 0) is 12.0 Å². The number of H-pyrrole nitrogens is 1. The largest absolute Gasteiger partial charge is 0.330 e. The molecule has 0 amide bonds. The quantitative estimate of drug-likeness (QED) is 0.510. The second-order valence-corrected chi connectivity index (χ2v) is 8.21. The van der Waals surface area contributed by atoms with Crippen LogP contribution in [0.2, 0.25) is 5.02 Å². The number of hydrogen-bond donors (Lipinski definition) is 3. The molecule has 1 aliphatic carbocycles. The van der Waals surface area contributed by atoms with Gasteiger partial charge in [-0.15, -0.1) is 12.4 Å². The third-order valence-electron chi connectivity index (χ3n) is 6.14. The number of benzene rings is 2. The van der Waals surface area contributed by atoms with Gasteiger partial charge in [-0.05, 0) is 48.9 Å². The highest BCUT2D eigenvalue weighted by Gasteiger charge is 2.35. The molecule has 29 heavy (non-hydrogen) atoms. The van der Waals surface area contributed by atoms with Crippen molar-refractivity contribution in [2.45, 2.75) is 43.7 Å². The molecule has 1 fully saturated rings. The summed E-state index contributed by atoms with van der Waals surface area (Å²) in [5.41, 5.74) is 11.0. The fourth-order valence-corrected chi connectivity index (χ4v) is 4.55. The molecule has 154 valence electrons. The predicted octanol–water partition coefficient (Wildman–Crippen LogP) is 5.08. The second-order valence-electron chi connectivity index (χ2n) is 7.78. The molecule has 0 aliphatic heterocycles. The maximum atomic E-state index is 6.22. The second kappa shape index (κ2) is 9.77. The summed E-state index contributed by atoms with van der Waals surface area (Å²) >= 11 is 6.22. The normalized spacial score (nSPS) is 21.5. The van der Waals surface area contributed by atoms with Gasteiger partial charge in [0.05, 0.1) is 11.9 Å². The van der Waals surface area contributed by atoms with Gasteiger partial charge in [0.2, 0.25) is 0 Å². The number of nitrogens with two attached hydrogens (primary N) is 1. The van der Waals surface area contributed by atoms with Gasteiger partial charge in [-0.2, -0.15) is 5.10 Å².